The van der Waals surface area contributed by atoms with Crippen molar-refractivity contribution in [3.63, 3.8) is 0 Å². The van der Waals surface area contributed by atoms with Gasteiger partial charge in [0.05, 0.1) is 4.92 Å². The van der Waals surface area contributed by atoms with E-state index in [0.29, 0.717) is 23.9 Å². The Morgan fingerprint density at radius 2 is 2.24 bits per heavy atom. The molecule has 0 aliphatic carbocycles. The molecule has 1 unspecified atom stereocenters. The highest BCUT2D eigenvalue weighted by atomic mass is 32.2. The molecule has 1 N–H and O–H groups in total. The van der Waals surface area contributed by atoms with Crippen LogP contribution in [-0.4, -0.2) is 55.1 Å². The van der Waals surface area contributed by atoms with Crippen LogP contribution in [0.5, 0.6) is 0 Å². The summed E-state index contributed by atoms with van der Waals surface area (Å²) in [6.07, 6.45) is 1.14. The molecule has 21 heavy (non-hydrogen) atoms. The zero-order valence-electron chi connectivity index (χ0n) is 11.6. The van der Waals surface area contributed by atoms with Crippen LogP contribution >= 0.6 is 11.8 Å². The summed E-state index contributed by atoms with van der Waals surface area (Å²) in [5, 5.41) is 13.2. The van der Waals surface area contributed by atoms with Crippen LogP contribution < -0.4 is 10.2 Å². The summed E-state index contributed by atoms with van der Waals surface area (Å²) in [5.74, 6) is 1.64. The smallest absolute Gasteiger partial charge is 0.311 e. The Morgan fingerprint density at radius 3 is 2.81 bits per heavy atom. The molecule has 0 spiro atoms. The van der Waals surface area contributed by atoms with E-state index in [4.69, 9.17) is 0 Å². The average molecular weight is 332 g/mol. The second-order valence-electron chi connectivity index (χ2n) is 4.60. The minimum atomic E-state index is -3.36. The molecule has 1 aliphatic rings. The molecule has 116 valence electrons. The van der Waals surface area contributed by atoms with Gasteiger partial charge in [0.2, 0.25) is 5.82 Å². The van der Waals surface area contributed by atoms with Crippen molar-refractivity contribution in [1.82, 2.24) is 4.98 Å². The third-order valence-corrected chi connectivity index (χ3v) is 5.80. The molecule has 1 fully saturated rings. The van der Waals surface area contributed by atoms with Gasteiger partial charge in [-0.25, -0.2) is 13.4 Å². The fourth-order valence-corrected chi connectivity index (χ4v) is 4.93. The Morgan fingerprint density at radius 1 is 1.52 bits per heavy atom. The van der Waals surface area contributed by atoms with Gasteiger partial charge in [-0.2, -0.15) is 11.8 Å². The number of anilines is 2. The minimum Gasteiger partial charge on any atom is -0.373 e. The van der Waals surface area contributed by atoms with Crippen LogP contribution in [0.3, 0.4) is 0 Å². The van der Waals surface area contributed by atoms with Gasteiger partial charge < -0.3 is 10.2 Å². The summed E-state index contributed by atoms with van der Waals surface area (Å²) in [5.41, 5.74) is -0.186. The predicted molar refractivity (Wildman–Crippen MR) is 83.7 cm³/mol. The summed E-state index contributed by atoms with van der Waals surface area (Å²) in [6.45, 7) is 0.406. The molecule has 0 saturated carbocycles. The molecule has 1 aromatic heterocycles. The number of hydrogen-bond acceptors (Lipinski definition) is 8. The number of sulfone groups is 1. The van der Waals surface area contributed by atoms with Crippen molar-refractivity contribution in [2.24, 2.45) is 0 Å². The molecule has 0 aromatic carbocycles. The van der Waals surface area contributed by atoms with Crippen LogP contribution in [0.15, 0.2) is 12.1 Å². The van der Waals surface area contributed by atoms with Crippen LogP contribution in [0.4, 0.5) is 17.3 Å². The highest BCUT2D eigenvalue weighted by molar-refractivity contribution is 8.01. The van der Waals surface area contributed by atoms with Crippen molar-refractivity contribution in [2.75, 3.05) is 41.6 Å². The number of aromatic nitrogens is 1. The quantitative estimate of drug-likeness (QED) is 0.642. The molecule has 0 bridgehead atoms. The number of pyridine rings is 1. The Labute approximate surface area is 127 Å². The van der Waals surface area contributed by atoms with Crippen LogP contribution in [0.2, 0.25) is 0 Å². The highest BCUT2D eigenvalue weighted by Crippen LogP contribution is 2.33. The molecule has 2 heterocycles. The number of nitrogens with one attached hydrogen (secondary N) is 1. The van der Waals surface area contributed by atoms with Gasteiger partial charge in [-0.05, 0) is 6.07 Å². The van der Waals surface area contributed by atoms with Crippen LogP contribution in [0.25, 0.3) is 0 Å². The maximum Gasteiger partial charge on any atom is 0.311 e. The molecule has 1 aromatic rings. The number of rotatable bonds is 4. The largest absolute Gasteiger partial charge is 0.373 e. The Hall–Kier alpha value is -1.55. The number of thioether (sulfide) groups is 1. The van der Waals surface area contributed by atoms with Crippen molar-refractivity contribution in [3.8, 4) is 0 Å². The topological polar surface area (TPSA) is 105 Å². The number of nitro groups is 1. The second-order valence-corrected chi connectivity index (χ2v) is 7.95. The first-order valence-electron chi connectivity index (χ1n) is 6.21. The van der Waals surface area contributed by atoms with E-state index in [0.717, 1.165) is 6.26 Å². The van der Waals surface area contributed by atoms with Gasteiger partial charge in [0.15, 0.2) is 9.84 Å². The standard InChI is InChI=1S/C11H16N4O4S2/c1-12-9-4-3-8(15(16)17)11(13-9)14-5-6-20-7-10(14)21(2,18)19/h3-4,10H,5-7H2,1-2H3,(H,12,13). The van der Waals surface area contributed by atoms with Crippen molar-refractivity contribution in [3.05, 3.63) is 22.2 Å². The third kappa shape index (κ3) is 3.38. The molecule has 2 rings (SSSR count). The molecule has 1 atom stereocenters. The molecule has 1 saturated heterocycles. The maximum absolute atomic E-state index is 11.9. The lowest BCUT2D eigenvalue weighted by molar-refractivity contribution is -0.384. The molecular formula is C11H16N4O4S2. The summed E-state index contributed by atoms with van der Waals surface area (Å²) >= 11 is 1.52. The minimum absolute atomic E-state index is 0.0996. The first-order chi connectivity index (χ1) is 9.84. The molecule has 0 radical (unpaired) electrons. The van der Waals surface area contributed by atoms with E-state index < -0.39 is 20.1 Å². The van der Waals surface area contributed by atoms with Gasteiger partial charge in [0.1, 0.15) is 11.2 Å². The number of nitrogens with zero attached hydrogens (tertiary/aromatic N) is 3. The average Bonchev–Trinajstić information content (AvgIpc) is 2.45. The van der Waals surface area contributed by atoms with E-state index in [-0.39, 0.29) is 11.5 Å². The molecule has 1 aliphatic heterocycles. The van der Waals surface area contributed by atoms with Crippen molar-refractivity contribution in [1.29, 1.82) is 0 Å². The second kappa shape index (κ2) is 6.06. The van der Waals surface area contributed by atoms with Gasteiger partial charge >= 0.3 is 5.69 Å². The number of hydrogen-bond donors (Lipinski definition) is 1. The van der Waals surface area contributed by atoms with E-state index in [2.05, 4.69) is 10.3 Å². The van der Waals surface area contributed by atoms with Gasteiger partial charge in [-0.15, -0.1) is 0 Å². The van der Waals surface area contributed by atoms with E-state index in [1.807, 2.05) is 0 Å². The first-order valence-corrected chi connectivity index (χ1v) is 9.32. The summed E-state index contributed by atoms with van der Waals surface area (Å²) < 4.78 is 23.9. The summed E-state index contributed by atoms with van der Waals surface area (Å²) in [7, 11) is -1.71. The zero-order chi connectivity index (χ0) is 15.6. The van der Waals surface area contributed by atoms with Crippen LogP contribution in [0, 0.1) is 10.1 Å². The normalized spacial score (nSPS) is 19.3. The highest BCUT2D eigenvalue weighted by Gasteiger charge is 2.35. The Kier molecular flexibility index (Phi) is 4.57. The van der Waals surface area contributed by atoms with E-state index in [1.165, 1.54) is 28.8 Å². The van der Waals surface area contributed by atoms with Crippen molar-refractivity contribution in [2.45, 2.75) is 5.37 Å². The summed E-state index contributed by atoms with van der Waals surface area (Å²) in [6, 6.07) is 2.84. The zero-order valence-corrected chi connectivity index (χ0v) is 13.3. The maximum atomic E-state index is 11.9. The Balaban J connectivity index is 2.53. The SMILES string of the molecule is CNc1ccc([N+](=O)[O-])c(N2CCSCC2S(C)(=O)=O)n1. The van der Waals surface area contributed by atoms with Gasteiger partial charge in [-0.3, -0.25) is 10.1 Å². The lowest BCUT2D eigenvalue weighted by Gasteiger charge is -2.34. The van der Waals surface area contributed by atoms with Crippen LogP contribution in [-0.2, 0) is 9.84 Å². The monoisotopic (exact) mass is 332 g/mol. The predicted octanol–water partition coefficient (Wildman–Crippen LogP) is 0.955. The fraction of sp³-hybridized carbons (Fsp3) is 0.545. The van der Waals surface area contributed by atoms with Gasteiger partial charge in [0, 0.05) is 37.4 Å². The molecule has 0 amide bonds. The van der Waals surface area contributed by atoms with E-state index in [9.17, 15) is 18.5 Å². The van der Waals surface area contributed by atoms with Crippen LogP contribution in [0.1, 0.15) is 0 Å². The molecule has 10 heteroatoms. The third-order valence-electron chi connectivity index (χ3n) is 3.16. The van der Waals surface area contributed by atoms with Gasteiger partial charge in [-0.1, -0.05) is 0 Å². The van der Waals surface area contributed by atoms with E-state index in [1.54, 1.807) is 7.05 Å². The lowest BCUT2D eigenvalue weighted by atomic mass is 10.3. The summed E-state index contributed by atoms with van der Waals surface area (Å²) in [4.78, 5) is 16.4. The van der Waals surface area contributed by atoms with Gasteiger partial charge in [0.25, 0.3) is 0 Å². The molecule has 8 nitrogen and oxygen atoms in total. The van der Waals surface area contributed by atoms with Crippen molar-refractivity contribution >= 4 is 38.9 Å². The Bertz CT molecular complexity index is 650. The molecular weight excluding hydrogens is 316 g/mol. The fourth-order valence-electron chi connectivity index (χ4n) is 2.11. The van der Waals surface area contributed by atoms with Crippen molar-refractivity contribution < 1.29 is 13.3 Å². The first kappa shape index (κ1) is 15.8. The lowest BCUT2D eigenvalue weighted by Crippen LogP contribution is -2.47. The van der Waals surface area contributed by atoms with E-state index >= 15 is 0 Å².